The Morgan fingerprint density at radius 1 is 0.390 bits per heavy atom. The molecule has 0 heterocycles. The molecule has 8 rings (SSSR count). The standard InChI is InChI=1S/C18H15ClN2O4S.C18H15IN2O4S.C17H16BrNO4S.C17H16INO4S/c2*1-9-14(22)5-11(6-15(9)23)8-21-18(26)12(7-20)2-10-3-13(19)17(25)16(24)4-10;2*1-9-13(20)6-11(7-14(9)21)8-19-16(24)3-2-10-4-12(18)17(23)15(22)5-10/h2*2-6,22-25H,8H2,1H3,(H,21,26);2*2-7,20-23H,8H2,1H3,(H,19,24)/b2*12-2+;2*3-2+. The van der Waals surface area contributed by atoms with Crippen molar-refractivity contribution in [2.45, 2.75) is 53.9 Å². The van der Waals surface area contributed by atoms with Gasteiger partial charge < -0.3 is 103 Å². The van der Waals surface area contributed by atoms with E-state index in [1.807, 2.05) is 57.3 Å². The van der Waals surface area contributed by atoms with E-state index >= 15 is 0 Å². The summed E-state index contributed by atoms with van der Waals surface area (Å²) >= 11 is 33.5. The number of hydrogen-bond acceptors (Lipinski definition) is 22. The number of hydrogen-bond donors (Lipinski definition) is 20. The molecule has 0 atom stereocenters. The summed E-state index contributed by atoms with van der Waals surface area (Å²) in [5.74, 6) is -2.18. The smallest absolute Gasteiger partial charge is 0.176 e. The summed E-state index contributed by atoms with van der Waals surface area (Å²) in [4.78, 5) is 1.21. The van der Waals surface area contributed by atoms with Crippen LogP contribution in [0.15, 0.2) is 125 Å². The second-order valence-electron chi connectivity index (χ2n) is 21.3. The minimum absolute atomic E-state index is 0.0256. The van der Waals surface area contributed by atoms with Gasteiger partial charge in [-0.2, -0.15) is 10.5 Å². The molecule has 0 saturated heterocycles. The third kappa shape index (κ3) is 23.8. The monoisotopic (exact) mass is 1740 g/mol. The van der Waals surface area contributed by atoms with Gasteiger partial charge in [-0.05, 0) is 255 Å². The molecule has 520 valence electrons. The summed E-state index contributed by atoms with van der Waals surface area (Å²) < 4.78 is 1.36. The normalized spacial score (nSPS) is 11.0. The third-order valence-electron chi connectivity index (χ3n) is 14.0. The molecule has 0 amide bonds. The minimum atomic E-state index is -0.443. The molecule has 0 fully saturated rings. The third-order valence-corrected chi connectivity index (χ3v) is 17.8. The maximum absolute atomic E-state index is 9.74. The summed E-state index contributed by atoms with van der Waals surface area (Å²) in [6.07, 6.45) is 9.59. The molecule has 30 heteroatoms. The highest BCUT2D eigenvalue weighted by atomic mass is 127. The number of nitrogens with zero attached hydrogens (tertiary/aromatic N) is 2. The zero-order chi connectivity index (χ0) is 74.6. The molecule has 8 aromatic carbocycles. The topological polar surface area (TPSA) is 419 Å². The lowest BCUT2D eigenvalue weighted by Crippen LogP contribution is -2.22. The molecule has 20 N–H and O–H groups in total. The van der Waals surface area contributed by atoms with Crippen molar-refractivity contribution >= 4 is 166 Å². The average molecular weight is 1740 g/mol. The van der Waals surface area contributed by atoms with Gasteiger partial charge in [-0.25, -0.2) is 0 Å². The van der Waals surface area contributed by atoms with Crippen LogP contribution in [0, 0.1) is 57.5 Å². The number of aromatic hydroxyl groups is 16. The molecular formula is C70H62BrClI2N6O16S4. The second-order valence-corrected chi connectivity index (χ2v) is 26.6. The van der Waals surface area contributed by atoms with Gasteiger partial charge in [0.05, 0.1) is 37.8 Å². The van der Waals surface area contributed by atoms with Gasteiger partial charge in [-0.15, -0.1) is 0 Å². The Morgan fingerprint density at radius 2 is 0.660 bits per heavy atom. The van der Waals surface area contributed by atoms with Crippen LogP contribution in [-0.2, 0) is 26.2 Å². The van der Waals surface area contributed by atoms with Gasteiger partial charge in [0, 0.05) is 48.4 Å². The number of phenolic OH excluding ortho intramolecular Hbond substituents is 16. The molecule has 0 aromatic heterocycles. The summed E-state index contributed by atoms with van der Waals surface area (Å²) in [5, 5.41) is 184. The fraction of sp³-hybridized carbons (Fsp3) is 0.114. The van der Waals surface area contributed by atoms with Crippen LogP contribution in [-0.4, -0.2) is 102 Å². The van der Waals surface area contributed by atoms with E-state index in [0.717, 1.165) is 0 Å². The Hall–Kier alpha value is -9.71. The van der Waals surface area contributed by atoms with Gasteiger partial charge in [-0.3, -0.25) is 0 Å². The van der Waals surface area contributed by atoms with Crippen LogP contribution in [0.2, 0.25) is 5.02 Å². The second kappa shape index (κ2) is 37.5. The fourth-order valence-electron chi connectivity index (χ4n) is 8.18. The van der Waals surface area contributed by atoms with Crippen LogP contribution < -0.4 is 21.3 Å². The van der Waals surface area contributed by atoms with E-state index in [1.54, 1.807) is 94.5 Å². The molecule has 22 nitrogen and oxygen atoms in total. The molecule has 8 aromatic rings. The molecule has 0 radical (unpaired) electrons. The molecule has 0 spiro atoms. The van der Waals surface area contributed by atoms with Crippen molar-refractivity contribution in [3.8, 4) is 104 Å². The maximum Gasteiger partial charge on any atom is 0.176 e. The molecule has 0 bridgehead atoms. The van der Waals surface area contributed by atoms with E-state index < -0.39 is 11.5 Å². The van der Waals surface area contributed by atoms with E-state index in [1.165, 1.54) is 66.7 Å². The van der Waals surface area contributed by atoms with Crippen LogP contribution in [0.1, 0.15) is 66.8 Å². The predicted molar refractivity (Wildman–Crippen MR) is 418 cm³/mol. The summed E-state index contributed by atoms with van der Waals surface area (Å²) in [7, 11) is 0. The Kier molecular flexibility index (Phi) is 30.3. The fourth-order valence-corrected chi connectivity index (χ4v) is 10.8. The number of halogens is 4. The minimum Gasteiger partial charge on any atom is -0.508 e. The molecule has 0 saturated carbocycles. The summed E-state index contributed by atoms with van der Waals surface area (Å²) in [6.45, 7) is 7.51. The van der Waals surface area contributed by atoms with Crippen LogP contribution in [0.3, 0.4) is 0 Å². The zero-order valence-corrected chi connectivity index (χ0v) is 62.6. The first-order valence-corrected chi connectivity index (χ1v) is 33.6. The van der Waals surface area contributed by atoms with E-state index in [0.29, 0.717) is 101 Å². The van der Waals surface area contributed by atoms with Gasteiger partial charge in [0.1, 0.15) is 68.1 Å². The molecule has 0 unspecified atom stereocenters. The largest absolute Gasteiger partial charge is 0.508 e. The lowest BCUT2D eigenvalue weighted by atomic mass is 10.1. The van der Waals surface area contributed by atoms with Crippen molar-refractivity contribution in [1.82, 2.24) is 21.3 Å². The van der Waals surface area contributed by atoms with Crippen LogP contribution in [0.5, 0.6) is 92.0 Å². The molecule has 0 aliphatic rings. The summed E-state index contributed by atoms with van der Waals surface area (Å²) in [5.41, 5.74) is 6.72. The highest BCUT2D eigenvalue weighted by Crippen LogP contribution is 2.38. The number of phenols is 16. The Balaban J connectivity index is 0.000000241. The Bertz CT molecular complexity index is 4240. The Morgan fingerprint density at radius 3 is 0.960 bits per heavy atom. The lowest BCUT2D eigenvalue weighted by Gasteiger charge is -2.10. The maximum atomic E-state index is 9.74. The van der Waals surface area contributed by atoms with Gasteiger partial charge in [0.25, 0.3) is 0 Å². The van der Waals surface area contributed by atoms with Gasteiger partial charge in [-0.1, -0.05) is 72.6 Å². The number of rotatable bonds is 16. The number of benzene rings is 8. The van der Waals surface area contributed by atoms with E-state index in [9.17, 15) is 92.2 Å². The van der Waals surface area contributed by atoms with Crippen LogP contribution in [0.4, 0.5) is 0 Å². The first-order valence-electron chi connectivity index (χ1n) is 28.6. The van der Waals surface area contributed by atoms with Crippen molar-refractivity contribution in [3.05, 3.63) is 204 Å². The van der Waals surface area contributed by atoms with Gasteiger partial charge in [0.2, 0.25) is 0 Å². The quantitative estimate of drug-likeness (QED) is 0.0140. The van der Waals surface area contributed by atoms with Crippen LogP contribution in [0.25, 0.3) is 24.3 Å². The summed E-state index contributed by atoms with van der Waals surface area (Å²) in [6, 6.07) is 27.9. The molecule has 0 aliphatic heterocycles. The highest BCUT2D eigenvalue weighted by molar-refractivity contribution is 14.1. The van der Waals surface area contributed by atoms with Crippen molar-refractivity contribution in [1.29, 1.82) is 10.5 Å². The first-order chi connectivity index (χ1) is 47.0. The van der Waals surface area contributed by atoms with E-state index in [4.69, 9.17) is 60.5 Å². The van der Waals surface area contributed by atoms with Gasteiger partial charge >= 0.3 is 0 Å². The Labute approximate surface area is 635 Å². The highest BCUT2D eigenvalue weighted by Gasteiger charge is 2.15. The average Bonchev–Trinajstić information content (AvgIpc) is 0.891. The molecule has 0 aliphatic carbocycles. The van der Waals surface area contributed by atoms with Crippen molar-refractivity contribution < 1.29 is 81.7 Å². The van der Waals surface area contributed by atoms with Crippen molar-refractivity contribution in [2.75, 3.05) is 0 Å². The predicted octanol–water partition coefficient (Wildman–Crippen LogP) is 14.2. The number of nitrogens with one attached hydrogen (secondary N) is 4. The van der Waals surface area contributed by atoms with Crippen LogP contribution >= 0.6 is 122 Å². The molecule has 100 heavy (non-hydrogen) atoms. The first kappa shape index (κ1) is 81.0. The number of nitriles is 2. The SMILES string of the molecule is Cc1c(O)cc(CNC(=S)/C(C#N)=C/c2cc(O)c(O)c(Cl)c2)cc1O.Cc1c(O)cc(CNC(=S)/C(C#N)=C/c2cc(O)c(O)c(I)c2)cc1O.Cc1c(O)cc(CNC(=S)/C=C/c2cc(O)c(O)c(Br)c2)cc1O.Cc1c(O)cc(CNC(=S)/C=C/c2cc(O)c(O)c(I)c2)cc1O. The van der Waals surface area contributed by atoms with Gasteiger partial charge in [0.15, 0.2) is 46.0 Å². The zero-order valence-electron chi connectivity index (χ0n) is 52.7. The van der Waals surface area contributed by atoms with Crippen molar-refractivity contribution in [3.63, 3.8) is 0 Å². The van der Waals surface area contributed by atoms with E-state index in [2.05, 4.69) is 37.2 Å². The number of thiocarbonyl (C=S) groups is 4. The lowest BCUT2D eigenvalue weighted by molar-refractivity contribution is 0.401. The van der Waals surface area contributed by atoms with E-state index in [-0.39, 0.29) is 120 Å². The molecular weight excluding hydrogens is 1680 g/mol. The van der Waals surface area contributed by atoms with Crippen molar-refractivity contribution in [2.24, 2.45) is 0 Å².